The molecule has 154 valence electrons. The number of halogens is 1. The fraction of sp³-hybridized carbons (Fsp3) is 0.261. The van der Waals surface area contributed by atoms with Gasteiger partial charge in [-0.1, -0.05) is 54.1 Å². The molecule has 0 atom stereocenters. The molecule has 1 fully saturated rings. The second kappa shape index (κ2) is 9.24. The van der Waals surface area contributed by atoms with E-state index in [0.29, 0.717) is 25.3 Å². The van der Waals surface area contributed by atoms with Crippen LogP contribution in [0.15, 0.2) is 71.5 Å². The lowest BCUT2D eigenvalue weighted by Crippen LogP contribution is -2.48. The largest absolute Gasteiger partial charge is 0.335 e. The summed E-state index contributed by atoms with van der Waals surface area (Å²) in [4.78, 5) is 29.2. The third-order valence-corrected chi connectivity index (χ3v) is 5.49. The fourth-order valence-corrected chi connectivity index (χ4v) is 3.68. The topological polar surface area (TPSA) is 58.4 Å². The van der Waals surface area contributed by atoms with E-state index in [1.807, 2.05) is 54.6 Å². The monoisotopic (exact) mass is 422 g/mol. The van der Waals surface area contributed by atoms with E-state index in [1.54, 1.807) is 4.90 Å². The van der Waals surface area contributed by atoms with E-state index in [0.717, 1.165) is 30.2 Å². The van der Waals surface area contributed by atoms with E-state index in [-0.39, 0.29) is 11.5 Å². The molecule has 1 aliphatic heterocycles. The van der Waals surface area contributed by atoms with Crippen LogP contribution in [0.1, 0.15) is 21.6 Å². The van der Waals surface area contributed by atoms with Crippen molar-refractivity contribution >= 4 is 17.5 Å². The van der Waals surface area contributed by atoms with Crippen LogP contribution in [-0.4, -0.2) is 51.7 Å². The number of amides is 1. The number of piperazine rings is 1. The highest BCUT2D eigenvalue weighted by atomic mass is 35.5. The predicted molar refractivity (Wildman–Crippen MR) is 117 cm³/mol. The molecule has 1 aliphatic rings. The number of aromatic nitrogens is 2. The van der Waals surface area contributed by atoms with Gasteiger partial charge in [0, 0.05) is 43.8 Å². The molecular weight excluding hydrogens is 400 g/mol. The molecule has 0 bridgehead atoms. The lowest BCUT2D eigenvalue weighted by atomic mass is 10.2. The quantitative estimate of drug-likeness (QED) is 0.634. The third kappa shape index (κ3) is 4.96. The lowest BCUT2D eigenvalue weighted by molar-refractivity contribution is 0.0620. The summed E-state index contributed by atoms with van der Waals surface area (Å²) in [6.45, 7) is 4.02. The van der Waals surface area contributed by atoms with Crippen LogP contribution in [-0.2, 0) is 13.1 Å². The number of rotatable bonds is 5. The maximum atomic E-state index is 12.9. The summed E-state index contributed by atoms with van der Waals surface area (Å²) in [5.41, 5.74) is 2.25. The Morgan fingerprint density at radius 2 is 1.50 bits per heavy atom. The molecule has 6 nitrogen and oxygen atoms in total. The molecule has 0 aliphatic carbocycles. The minimum Gasteiger partial charge on any atom is -0.335 e. The van der Waals surface area contributed by atoms with E-state index in [2.05, 4.69) is 10.00 Å². The van der Waals surface area contributed by atoms with E-state index >= 15 is 0 Å². The Balaban J connectivity index is 1.38. The Labute approximate surface area is 180 Å². The Bertz CT molecular complexity index is 1060. The first-order valence-corrected chi connectivity index (χ1v) is 10.3. The number of benzene rings is 2. The minimum atomic E-state index is -0.219. The molecule has 3 aromatic rings. The van der Waals surface area contributed by atoms with Gasteiger partial charge in [-0.3, -0.25) is 14.5 Å². The number of carbonyl (C=O) groups excluding carboxylic acids is 1. The summed E-state index contributed by atoms with van der Waals surface area (Å²) < 4.78 is 1.35. The number of carbonyl (C=O) groups is 1. The van der Waals surface area contributed by atoms with Gasteiger partial charge in [-0.05, 0) is 29.3 Å². The van der Waals surface area contributed by atoms with Crippen molar-refractivity contribution < 1.29 is 4.79 Å². The van der Waals surface area contributed by atoms with Crippen molar-refractivity contribution in [1.82, 2.24) is 19.6 Å². The Hall–Kier alpha value is -2.96. The van der Waals surface area contributed by atoms with Crippen molar-refractivity contribution in [2.75, 3.05) is 26.2 Å². The molecule has 0 spiro atoms. The SMILES string of the molecule is O=C(c1ccc(=O)n(Cc2ccccc2)n1)N1CCN(Cc2ccc(Cl)cc2)CC1. The molecule has 4 rings (SSSR count). The van der Waals surface area contributed by atoms with E-state index in [1.165, 1.54) is 22.4 Å². The van der Waals surface area contributed by atoms with Gasteiger partial charge in [0.05, 0.1) is 6.54 Å². The van der Waals surface area contributed by atoms with Crippen LogP contribution in [0.3, 0.4) is 0 Å². The van der Waals surface area contributed by atoms with Crippen molar-refractivity contribution in [1.29, 1.82) is 0 Å². The van der Waals surface area contributed by atoms with Gasteiger partial charge in [0.25, 0.3) is 11.5 Å². The number of hydrogen-bond donors (Lipinski definition) is 0. The molecule has 1 saturated heterocycles. The molecule has 1 amide bonds. The van der Waals surface area contributed by atoms with Gasteiger partial charge in [-0.25, -0.2) is 4.68 Å². The second-order valence-corrected chi connectivity index (χ2v) is 7.83. The maximum absolute atomic E-state index is 12.9. The van der Waals surface area contributed by atoms with E-state index in [9.17, 15) is 9.59 Å². The summed E-state index contributed by atoms with van der Waals surface area (Å²) in [6.07, 6.45) is 0. The number of nitrogens with zero attached hydrogens (tertiary/aromatic N) is 4. The Morgan fingerprint density at radius 1 is 0.833 bits per heavy atom. The van der Waals surface area contributed by atoms with Crippen molar-refractivity contribution in [2.24, 2.45) is 0 Å². The van der Waals surface area contributed by atoms with Crippen LogP contribution in [0.4, 0.5) is 0 Å². The lowest BCUT2D eigenvalue weighted by Gasteiger charge is -2.34. The molecule has 0 radical (unpaired) electrons. The molecule has 2 aromatic carbocycles. The van der Waals surface area contributed by atoms with Crippen LogP contribution < -0.4 is 5.56 Å². The van der Waals surface area contributed by atoms with Crippen LogP contribution >= 0.6 is 11.6 Å². The highest BCUT2D eigenvalue weighted by molar-refractivity contribution is 6.30. The zero-order valence-electron chi connectivity index (χ0n) is 16.6. The van der Waals surface area contributed by atoms with Gasteiger partial charge in [0.15, 0.2) is 0 Å². The summed E-state index contributed by atoms with van der Waals surface area (Å²) in [5, 5.41) is 5.06. The summed E-state index contributed by atoms with van der Waals surface area (Å²) in [6, 6.07) is 20.4. The smallest absolute Gasteiger partial charge is 0.274 e. The Kier molecular flexibility index (Phi) is 6.26. The minimum absolute atomic E-state index is 0.136. The highest BCUT2D eigenvalue weighted by Crippen LogP contribution is 2.14. The average molecular weight is 423 g/mol. The first-order chi connectivity index (χ1) is 14.6. The standard InChI is InChI=1S/C23H23ClN4O2/c24-20-8-6-19(7-9-20)16-26-12-14-27(15-13-26)23(30)21-10-11-22(29)28(25-21)17-18-4-2-1-3-5-18/h1-11H,12-17H2. The molecule has 0 unspecified atom stereocenters. The van der Waals surface area contributed by atoms with Gasteiger partial charge >= 0.3 is 0 Å². The maximum Gasteiger partial charge on any atom is 0.274 e. The average Bonchev–Trinajstić information content (AvgIpc) is 2.78. The van der Waals surface area contributed by atoms with Crippen molar-refractivity contribution in [3.05, 3.63) is 98.9 Å². The molecule has 0 N–H and O–H groups in total. The van der Waals surface area contributed by atoms with Crippen molar-refractivity contribution in [3.8, 4) is 0 Å². The van der Waals surface area contributed by atoms with Crippen LogP contribution in [0.2, 0.25) is 5.02 Å². The predicted octanol–water partition coefficient (Wildman–Crippen LogP) is 2.90. The first-order valence-electron chi connectivity index (χ1n) is 9.97. The van der Waals surface area contributed by atoms with Crippen molar-refractivity contribution in [2.45, 2.75) is 13.1 Å². The molecule has 7 heteroatoms. The van der Waals surface area contributed by atoms with Gasteiger partial charge in [0.2, 0.25) is 0 Å². The first kappa shape index (κ1) is 20.3. The van der Waals surface area contributed by atoms with E-state index < -0.39 is 0 Å². The molecule has 30 heavy (non-hydrogen) atoms. The van der Waals surface area contributed by atoms with Crippen molar-refractivity contribution in [3.63, 3.8) is 0 Å². The molecular formula is C23H23ClN4O2. The van der Waals surface area contributed by atoms with Gasteiger partial charge in [-0.2, -0.15) is 5.10 Å². The highest BCUT2D eigenvalue weighted by Gasteiger charge is 2.23. The fourth-order valence-electron chi connectivity index (χ4n) is 3.55. The number of hydrogen-bond acceptors (Lipinski definition) is 4. The van der Waals surface area contributed by atoms with Gasteiger partial charge in [-0.15, -0.1) is 0 Å². The van der Waals surface area contributed by atoms with Crippen LogP contribution in [0.25, 0.3) is 0 Å². The van der Waals surface area contributed by atoms with Crippen LogP contribution in [0, 0.1) is 0 Å². The summed E-state index contributed by atoms with van der Waals surface area (Å²) in [7, 11) is 0. The summed E-state index contributed by atoms with van der Waals surface area (Å²) >= 11 is 5.95. The van der Waals surface area contributed by atoms with E-state index in [4.69, 9.17) is 11.6 Å². The van der Waals surface area contributed by atoms with Gasteiger partial charge < -0.3 is 4.90 Å². The second-order valence-electron chi connectivity index (χ2n) is 7.39. The molecule has 1 aromatic heterocycles. The normalized spacial score (nSPS) is 14.6. The molecule has 0 saturated carbocycles. The third-order valence-electron chi connectivity index (χ3n) is 5.24. The zero-order valence-corrected chi connectivity index (χ0v) is 17.3. The zero-order chi connectivity index (χ0) is 20.9. The molecule has 2 heterocycles. The summed E-state index contributed by atoms with van der Waals surface area (Å²) in [5.74, 6) is -0.136. The van der Waals surface area contributed by atoms with Crippen LogP contribution in [0.5, 0.6) is 0 Å². The Morgan fingerprint density at radius 3 is 2.20 bits per heavy atom. The van der Waals surface area contributed by atoms with Gasteiger partial charge in [0.1, 0.15) is 5.69 Å².